The number of fused-ring (bicyclic) bond motifs is 1. The van der Waals surface area contributed by atoms with Crippen LogP contribution in [-0.2, 0) is 4.79 Å². The summed E-state index contributed by atoms with van der Waals surface area (Å²) in [4.78, 5) is 16.1. The molecule has 1 aliphatic carbocycles. The number of nitrogens with one attached hydrogen (secondary N) is 1. The van der Waals surface area contributed by atoms with Crippen molar-refractivity contribution in [1.29, 1.82) is 0 Å². The molecule has 1 fully saturated rings. The van der Waals surface area contributed by atoms with Crippen molar-refractivity contribution in [2.45, 2.75) is 83.4 Å². The summed E-state index contributed by atoms with van der Waals surface area (Å²) < 4.78 is 11.8. The van der Waals surface area contributed by atoms with Crippen molar-refractivity contribution in [3.63, 3.8) is 0 Å². The molecular formula is C28H36N2O4. The lowest BCUT2D eigenvalue weighted by molar-refractivity contribution is -0.152. The van der Waals surface area contributed by atoms with Gasteiger partial charge in [0, 0.05) is 6.04 Å². The predicted octanol–water partition coefficient (Wildman–Crippen LogP) is 6.82. The fourth-order valence-electron chi connectivity index (χ4n) is 4.76. The Morgan fingerprint density at radius 1 is 1.15 bits per heavy atom. The van der Waals surface area contributed by atoms with Gasteiger partial charge in [0.15, 0.2) is 11.2 Å². The molecule has 2 unspecified atom stereocenters. The van der Waals surface area contributed by atoms with Gasteiger partial charge in [-0.05, 0) is 69.4 Å². The van der Waals surface area contributed by atoms with Crippen molar-refractivity contribution >= 4 is 17.1 Å². The molecule has 0 bridgehead atoms. The number of hydrogen-bond acceptors (Lipinski definition) is 5. The number of hydrogen-bond donors (Lipinski definition) is 2. The minimum absolute atomic E-state index is 0.0196. The lowest BCUT2D eigenvalue weighted by atomic mass is 9.85. The highest BCUT2D eigenvalue weighted by atomic mass is 16.5. The molecule has 182 valence electrons. The summed E-state index contributed by atoms with van der Waals surface area (Å²) in [5, 5.41) is 13.0. The Morgan fingerprint density at radius 3 is 2.53 bits per heavy atom. The van der Waals surface area contributed by atoms with Crippen molar-refractivity contribution in [3.05, 3.63) is 60.0 Å². The van der Waals surface area contributed by atoms with E-state index in [1.807, 2.05) is 48.5 Å². The third kappa shape index (κ3) is 5.98. The number of ether oxygens (including phenoxy) is 1. The summed E-state index contributed by atoms with van der Waals surface area (Å²) in [7, 11) is 0. The molecule has 2 atom stereocenters. The number of aromatic nitrogens is 1. The molecule has 2 aromatic carbocycles. The number of aliphatic carboxylic acids is 1. The van der Waals surface area contributed by atoms with Crippen LogP contribution in [0, 0.1) is 5.92 Å². The Morgan fingerprint density at radius 2 is 1.85 bits per heavy atom. The summed E-state index contributed by atoms with van der Waals surface area (Å²) in [6, 6.07) is 15.6. The Labute approximate surface area is 201 Å². The quantitative estimate of drug-likeness (QED) is 0.342. The zero-order chi connectivity index (χ0) is 24.1. The molecule has 6 nitrogen and oxygen atoms in total. The zero-order valence-corrected chi connectivity index (χ0v) is 20.4. The van der Waals surface area contributed by atoms with Crippen LogP contribution in [-0.4, -0.2) is 21.7 Å². The van der Waals surface area contributed by atoms with Gasteiger partial charge in [-0.15, -0.1) is 0 Å². The van der Waals surface area contributed by atoms with E-state index < -0.39 is 11.6 Å². The van der Waals surface area contributed by atoms with E-state index in [1.165, 1.54) is 38.5 Å². The van der Waals surface area contributed by atoms with Crippen LogP contribution < -0.4 is 10.1 Å². The highest BCUT2D eigenvalue weighted by Gasteiger charge is 2.29. The molecule has 1 aliphatic rings. The number of para-hydroxylation sites is 2. The maximum absolute atomic E-state index is 11.3. The summed E-state index contributed by atoms with van der Waals surface area (Å²) in [6.45, 7) is 5.22. The van der Waals surface area contributed by atoms with Gasteiger partial charge < -0.3 is 14.3 Å². The molecule has 4 rings (SSSR count). The largest absolute Gasteiger partial charge is 0.478 e. The second-order valence-corrected chi connectivity index (χ2v) is 10.0. The van der Waals surface area contributed by atoms with Gasteiger partial charge >= 0.3 is 5.97 Å². The molecule has 1 aromatic heterocycles. The predicted molar refractivity (Wildman–Crippen MR) is 133 cm³/mol. The Balaban J connectivity index is 1.47. The van der Waals surface area contributed by atoms with Gasteiger partial charge in [-0.3, -0.25) is 5.32 Å². The van der Waals surface area contributed by atoms with Gasteiger partial charge in [0.25, 0.3) is 0 Å². The van der Waals surface area contributed by atoms with E-state index in [1.54, 1.807) is 13.8 Å². The number of benzene rings is 2. The van der Waals surface area contributed by atoms with Crippen LogP contribution in [0.5, 0.6) is 5.75 Å². The van der Waals surface area contributed by atoms with Crippen LogP contribution in [0.4, 0.5) is 0 Å². The van der Waals surface area contributed by atoms with Gasteiger partial charge in [-0.1, -0.05) is 56.4 Å². The number of carbonyl (C=O) groups is 1. The fraction of sp³-hybridized carbons (Fsp3) is 0.500. The first-order chi connectivity index (χ1) is 16.3. The number of carboxylic acid groups (broad SMARTS) is 1. The monoisotopic (exact) mass is 464 g/mol. The van der Waals surface area contributed by atoms with Gasteiger partial charge in [0.05, 0.1) is 6.04 Å². The first kappa shape index (κ1) is 24.3. The van der Waals surface area contributed by atoms with Crippen molar-refractivity contribution in [2.24, 2.45) is 5.92 Å². The molecule has 0 amide bonds. The Hall–Kier alpha value is -2.86. The van der Waals surface area contributed by atoms with Crippen LogP contribution in [0.15, 0.2) is 52.9 Å². The normalized spacial score (nSPS) is 16.9. The van der Waals surface area contributed by atoms with Crippen molar-refractivity contribution in [2.75, 3.05) is 0 Å². The average molecular weight is 465 g/mol. The van der Waals surface area contributed by atoms with Gasteiger partial charge in [-0.2, -0.15) is 0 Å². The smallest absolute Gasteiger partial charge is 0.347 e. The highest BCUT2D eigenvalue weighted by Crippen LogP contribution is 2.32. The van der Waals surface area contributed by atoms with Crippen LogP contribution in [0.3, 0.4) is 0 Å². The number of carboxylic acids is 1. The van der Waals surface area contributed by atoms with E-state index in [0.29, 0.717) is 5.75 Å². The molecule has 6 heteroatoms. The molecule has 1 saturated carbocycles. The second kappa shape index (κ2) is 10.6. The zero-order valence-electron chi connectivity index (χ0n) is 20.4. The number of rotatable bonds is 10. The maximum Gasteiger partial charge on any atom is 0.347 e. The summed E-state index contributed by atoms with van der Waals surface area (Å²) >= 11 is 0. The van der Waals surface area contributed by atoms with E-state index in [2.05, 4.69) is 12.2 Å². The molecule has 2 N–H and O–H groups in total. The molecule has 0 radical (unpaired) electrons. The third-order valence-corrected chi connectivity index (χ3v) is 6.92. The molecule has 34 heavy (non-hydrogen) atoms. The molecule has 0 aliphatic heterocycles. The minimum Gasteiger partial charge on any atom is -0.478 e. The van der Waals surface area contributed by atoms with E-state index >= 15 is 0 Å². The first-order valence-corrected chi connectivity index (χ1v) is 12.5. The maximum atomic E-state index is 11.3. The van der Waals surface area contributed by atoms with E-state index in [4.69, 9.17) is 14.1 Å². The third-order valence-electron chi connectivity index (χ3n) is 6.92. The molecule has 0 saturated heterocycles. The molecule has 1 heterocycles. The van der Waals surface area contributed by atoms with Gasteiger partial charge in [-0.25, -0.2) is 9.78 Å². The van der Waals surface area contributed by atoms with Crippen LogP contribution in [0.2, 0.25) is 0 Å². The molecule has 0 spiro atoms. The lowest BCUT2D eigenvalue weighted by Gasteiger charge is -2.26. The topological polar surface area (TPSA) is 84.6 Å². The van der Waals surface area contributed by atoms with Gasteiger partial charge in [0.2, 0.25) is 5.89 Å². The fourth-order valence-corrected chi connectivity index (χ4v) is 4.76. The molecular weight excluding hydrogens is 428 g/mol. The summed E-state index contributed by atoms with van der Waals surface area (Å²) in [5.41, 5.74) is 1.52. The second-order valence-electron chi connectivity index (χ2n) is 10.0. The highest BCUT2D eigenvalue weighted by molar-refractivity contribution is 5.76. The summed E-state index contributed by atoms with van der Waals surface area (Å²) in [5.74, 6) is 1.07. The van der Waals surface area contributed by atoms with Crippen LogP contribution in [0.25, 0.3) is 11.1 Å². The van der Waals surface area contributed by atoms with Crippen LogP contribution >= 0.6 is 0 Å². The van der Waals surface area contributed by atoms with Crippen LogP contribution in [0.1, 0.15) is 89.3 Å². The van der Waals surface area contributed by atoms with Crippen molar-refractivity contribution < 1.29 is 19.1 Å². The summed E-state index contributed by atoms with van der Waals surface area (Å²) in [6.07, 6.45) is 8.85. The number of nitrogens with zero attached hydrogens (tertiary/aromatic N) is 1. The number of oxazole rings is 1. The van der Waals surface area contributed by atoms with E-state index in [-0.39, 0.29) is 12.1 Å². The average Bonchev–Trinajstić information content (AvgIpc) is 3.26. The van der Waals surface area contributed by atoms with Crippen molar-refractivity contribution in [3.8, 4) is 5.75 Å². The van der Waals surface area contributed by atoms with Crippen molar-refractivity contribution in [1.82, 2.24) is 10.3 Å². The van der Waals surface area contributed by atoms with E-state index in [9.17, 15) is 9.90 Å². The molecule has 3 aromatic rings. The van der Waals surface area contributed by atoms with Gasteiger partial charge in [0.1, 0.15) is 11.3 Å². The van der Waals surface area contributed by atoms with E-state index in [0.717, 1.165) is 34.9 Å². The standard InChI is InChI=1S/C28H36N2O4/c1-19(21-14-16-22(17-15-21)34-28(2,3)27(31)32)29-24(18-13-20-9-5-4-6-10-20)26-30-23-11-7-8-12-25(23)33-26/h7-8,11-12,14-17,19-20,24,29H,4-6,9-10,13,18H2,1-3H3,(H,31,32). The SMILES string of the molecule is CC(NC(CCC1CCCCC1)c1nc2ccccc2o1)c1ccc(OC(C)(C)C(=O)O)cc1. The Kier molecular flexibility index (Phi) is 7.57. The minimum atomic E-state index is -1.28. The Bertz CT molecular complexity index is 1050. The first-order valence-electron chi connectivity index (χ1n) is 12.5. The lowest BCUT2D eigenvalue weighted by Crippen LogP contribution is -2.37.